The standard InChI is InChI=1S/C15H13IN2O3/c1-9-4-2-7-12(13(9)14(19)20)18-15(21)17-11-6-3-5-10(16)8-11/h2-8H,1H3,(H,19,20)(H2,17,18,21). The van der Waals surface area contributed by atoms with Crippen molar-refractivity contribution in [3.63, 3.8) is 0 Å². The molecule has 0 bridgehead atoms. The van der Waals surface area contributed by atoms with Crippen molar-refractivity contribution < 1.29 is 14.7 Å². The highest BCUT2D eigenvalue weighted by molar-refractivity contribution is 14.1. The third-order valence-corrected chi connectivity index (χ3v) is 3.49. The molecule has 0 fully saturated rings. The number of hydrogen-bond acceptors (Lipinski definition) is 2. The van der Waals surface area contributed by atoms with Crippen LogP contribution in [0.15, 0.2) is 42.5 Å². The summed E-state index contributed by atoms with van der Waals surface area (Å²) >= 11 is 2.14. The molecule has 6 heteroatoms. The summed E-state index contributed by atoms with van der Waals surface area (Å²) in [5.41, 5.74) is 1.60. The number of nitrogens with one attached hydrogen (secondary N) is 2. The normalized spacial score (nSPS) is 10.0. The maximum Gasteiger partial charge on any atom is 0.338 e. The highest BCUT2D eigenvalue weighted by Gasteiger charge is 2.14. The van der Waals surface area contributed by atoms with Crippen molar-refractivity contribution in [1.82, 2.24) is 0 Å². The van der Waals surface area contributed by atoms with E-state index in [0.717, 1.165) is 3.57 Å². The van der Waals surface area contributed by atoms with Crippen LogP contribution in [0.5, 0.6) is 0 Å². The summed E-state index contributed by atoms with van der Waals surface area (Å²) in [6.07, 6.45) is 0. The average molecular weight is 396 g/mol. The van der Waals surface area contributed by atoms with Crippen molar-refractivity contribution >= 4 is 46.0 Å². The van der Waals surface area contributed by atoms with E-state index in [1.807, 2.05) is 18.2 Å². The minimum Gasteiger partial charge on any atom is -0.478 e. The molecular weight excluding hydrogens is 383 g/mol. The van der Waals surface area contributed by atoms with Crippen molar-refractivity contribution in [2.45, 2.75) is 6.92 Å². The van der Waals surface area contributed by atoms with E-state index in [9.17, 15) is 14.7 Å². The van der Waals surface area contributed by atoms with Crippen molar-refractivity contribution in [2.75, 3.05) is 10.6 Å². The van der Waals surface area contributed by atoms with Gasteiger partial charge in [-0.15, -0.1) is 0 Å². The molecule has 0 aliphatic carbocycles. The molecule has 0 unspecified atom stereocenters. The van der Waals surface area contributed by atoms with E-state index in [4.69, 9.17) is 0 Å². The highest BCUT2D eigenvalue weighted by Crippen LogP contribution is 2.20. The first kappa shape index (κ1) is 15.3. The van der Waals surface area contributed by atoms with E-state index < -0.39 is 12.0 Å². The Hall–Kier alpha value is -2.09. The molecule has 0 radical (unpaired) electrons. The predicted octanol–water partition coefficient (Wildman–Crippen LogP) is 3.94. The number of halogens is 1. The number of benzene rings is 2. The first-order valence-electron chi connectivity index (χ1n) is 6.14. The molecule has 3 N–H and O–H groups in total. The highest BCUT2D eigenvalue weighted by atomic mass is 127. The average Bonchev–Trinajstić information content (AvgIpc) is 2.37. The molecule has 0 aliphatic rings. The molecule has 2 amide bonds. The van der Waals surface area contributed by atoms with Gasteiger partial charge in [0.25, 0.3) is 0 Å². The summed E-state index contributed by atoms with van der Waals surface area (Å²) in [7, 11) is 0. The van der Waals surface area contributed by atoms with Gasteiger partial charge in [-0.1, -0.05) is 18.2 Å². The minimum absolute atomic E-state index is 0.0929. The van der Waals surface area contributed by atoms with Crippen LogP contribution in [0.3, 0.4) is 0 Å². The lowest BCUT2D eigenvalue weighted by atomic mass is 10.1. The molecular formula is C15H13IN2O3. The van der Waals surface area contributed by atoms with Gasteiger partial charge in [0.1, 0.15) is 0 Å². The molecule has 0 spiro atoms. The third-order valence-electron chi connectivity index (χ3n) is 2.82. The molecule has 2 aromatic rings. The zero-order valence-corrected chi connectivity index (χ0v) is 13.3. The molecule has 0 aliphatic heterocycles. The van der Waals surface area contributed by atoms with Gasteiger partial charge in [-0.25, -0.2) is 9.59 Å². The maximum absolute atomic E-state index is 12.0. The Morgan fingerprint density at radius 1 is 1.10 bits per heavy atom. The minimum atomic E-state index is -1.07. The largest absolute Gasteiger partial charge is 0.478 e. The lowest BCUT2D eigenvalue weighted by molar-refractivity contribution is 0.0697. The molecule has 0 saturated carbocycles. The predicted molar refractivity (Wildman–Crippen MR) is 89.9 cm³/mol. The lowest BCUT2D eigenvalue weighted by Crippen LogP contribution is -2.21. The van der Waals surface area contributed by atoms with Crippen molar-refractivity contribution in [1.29, 1.82) is 0 Å². The van der Waals surface area contributed by atoms with Crippen molar-refractivity contribution in [2.24, 2.45) is 0 Å². The number of carbonyl (C=O) groups is 2. The van der Waals surface area contributed by atoms with Crippen LogP contribution in [0.25, 0.3) is 0 Å². The topological polar surface area (TPSA) is 78.4 Å². The van der Waals surface area contributed by atoms with Crippen LogP contribution in [0, 0.1) is 10.5 Å². The Morgan fingerprint density at radius 3 is 2.48 bits per heavy atom. The van der Waals surface area contributed by atoms with Gasteiger partial charge in [0.15, 0.2) is 0 Å². The number of urea groups is 1. The second-order valence-electron chi connectivity index (χ2n) is 4.39. The number of anilines is 2. The number of carbonyl (C=O) groups excluding carboxylic acids is 1. The van der Waals surface area contributed by atoms with Gasteiger partial charge in [-0.3, -0.25) is 0 Å². The van der Waals surface area contributed by atoms with Gasteiger partial charge in [0.2, 0.25) is 0 Å². The van der Waals surface area contributed by atoms with E-state index in [0.29, 0.717) is 11.3 Å². The fourth-order valence-electron chi connectivity index (χ4n) is 1.91. The molecule has 0 aromatic heterocycles. The zero-order chi connectivity index (χ0) is 15.4. The number of carboxylic acids is 1. The second-order valence-corrected chi connectivity index (χ2v) is 5.64. The summed E-state index contributed by atoms with van der Waals surface area (Å²) in [4.78, 5) is 23.2. The van der Waals surface area contributed by atoms with Gasteiger partial charge in [-0.05, 0) is 59.3 Å². The number of aromatic carboxylic acids is 1. The van der Waals surface area contributed by atoms with Crippen LogP contribution < -0.4 is 10.6 Å². The molecule has 0 atom stereocenters. The molecule has 2 aromatic carbocycles. The first-order valence-corrected chi connectivity index (χ1v) is 7.21. The number of hydrogen-bond donors (Lipinski definition) is 3. The Kier molecular flexibility index (Phi) is 4.79. The van der Waals surface area contributed by atoms with Crippen LogP contribution >= 0.6 is 22.6 Å². The van der Waals surface area contributed by atoms with Crippen molar-refractivity contribution in [3.05, 3.63) is 57.2 Å². The summed E-state index contributed by atoms with van der Waals surface area (Å²) in [5.74, 6) is -1.07. The summed E-state index contributed by atoms with van der Waals surface area (Å²) in [6, 6.07) is 11.8. The molecule has 2 rings (SSSR count). The summed E-state index contributed by atoms with van der Waals surface area (Å²) < 4.78 is 0.993. The van der Waals surface area contributed by atoms with Gasteiger partial charge >= 0.3 is 12.0 Å². The van der Waals surface area contributed by atoms with Crippen LogP contribution in [0.4, 0.5) is 16.2 Å². The van der Waals surface area contributed by atoms with E-state index in [1.54, 1.807) is 31.2 Å². The summed E-state index contributed by atoms with van der Waals surface area (Å²) in [6.45, 7) is 1.69. The van der Waals surface area contributed by atoms with Crippen LogP contribution in [0.1, 0.15) is 15.9 Å². The second kappa shape index (κ2) is 6.57. The number of carboxylic acid groups (broad SMARTS) is 1. The van der Waals surface area contributed by atoms with E-state index in [2.05, 4.69) is 33.2 Å². The zero-order valence-electron chi connectivity index (χ0n) is 11.2. The SMILES string of the molecule is Cc1cccc(NC(=O)Nc2cccc(I)c2)c1C(=O)O. The molecule has 0 heterocycles. The Labute approximate surface area is 135 Å². The van der Waals surface area contributed by atoms with Gasteiger partial charge in [-0.2, -0.15) is 0 Å². The first-order chi connectivity index (χ1) is 9.97. The molecule has 0 saturated heterocycles. The van der Waals surface area contributed by atoms with Crippen LogP contribution in [-0.2, 0) is 0 Å². The Bertz CT molecular complexity index is 701. The van der Waals surface area contributed by atoms with Crippen LogP contribution in [0.2, 0.25) is 0 Å². The van der Waals surface area contributed by atoms with E-state index in [-0.39, 0.29) is 11.3 Å². The maximum atomic E-state index is 12.0. The quantitative estimate of drug-likeness (QED) is 0.688. The Morgan fingerprint density at radius 2 is 1.81 bits per heavy atom. The summed E-state index contributed by atoms with van der Waals surface area (Å²) in [5, 5.41) is 14.4. The van der Waals surface area contributed by atoms with E-state index in [1.165, 1.54) is 0 Å². The van der Waals surface area contributed by atoms with E-state index >= 15 is 0 Å². The smallest absolute Gasteiger partial charge is 0.338 e. The third kappa shape index (κ3) is 3.94. The lowest BCUT2D eigenvalue weighted by Gasteiger charge is -2.11. The van der Waals surface area contributed by atoms with Crippen LogP contribution in [-0.4, -0.2) is 17.1 Å². The molecule has 21 heavy (non-hydrogen) atoms. The fourth-order valence-corrected chi connectivity index (χ4v) is 2.45. The van der Waals surface area contributed by atoms with Crippen molar-refractivity contribution in [3.8, 4) is 0 Å². The number of rotatable bonds is 3. The number of aryl methyl sites for hydroxylation is 1. The van der Waals surface area contributed by atoms with Gasteiger partial charge < -0.3 is 15.7 Å². The van der Waals surface area contributed by atoms with Gasteiger partial charge in [0, 0.05) is 9.26 Å². The number of amides is 2. The molecule has 108 valence electrons. The monoisotopic (exact) mass is 396 g/mol. The fraction of sp³-hybridized carbons (Fsp3) is 0.0667. The Balaban J connectivity index is 2.17. The molecule has 5 nitrogen and oxygen atoms in total. The van der Waals surface area contributed by atoms with Gasteiger partial charge in [0.05, 0.1) is 11.3 Å².